The number of nitrogens with zero attached hydrogens (tertiary/aromatic N) is 1. The van der Waals surface area contributed by atoms with Crippen LogP contribution in [0.4, 0.5) is 4.79 Å². The number of cyclic esters (lactones) is 1. The number of hydrogen-bond donors (Lipinski definition) is 0. The van der Waals surface area contributed by atoms with E-state index >= 15 is 0 Å². The van der Waals surface area contributed by atoms with Crippen LogP contribution in [0.1, 0.15) is 12.8 Å². The molecule has 4 heteroatoms. The molecule has 11 heavy (non-hydrogen) atoms. The Morgan fingerprint density at radius 1 is 1.45 bits per heavy atom. The van der Waals surface area contributed by atoms with Gasteiger partial charge in [0.05, 0.1) is 6.04 Å². The summed E-state index contributed by atoms with van der Waals surface area (Å²) in [6.45, 7) is 0.937. The Morgan fingerprint density at radius 3 is 3.09 bits per heavy atom. The number of amides is 1. The first-order valence-corrected chi connectivity index (χ1v) is 3.72. The van der Waals surface area contributed by atoms with Gasteiger partial charge in [0, 0.05) is 19.4 Å². The molecule has 0 N–H and O–H groups in total. The minimum absolute atomic E-state index is 0.0312. The van der Waals surface area contributed by atoms with Gasteiger partial charge in [0.15, 0.2) is 0 Å². The summed E-state index contributed by atoms with van der Waals surface area (Å²) in [5.41, 5.74) is 0. The van der Waals surface area contributed by atoms with Gasteiger partial charge in [-0.05, 0) is 0 Å². The molecule has 0 aliphatic carbocycles. The van der Waals surface area contributed by atoms with E-state index in [4.69, 9.17) is 4.74 Å². The van der Waals surface area contributed by atoms with Crippen molar-refractivity contribution < 1.29 is 14.3 Å². The van der Waals surface area contributed by atoms with Crippen LogP contribution in [-0.4, -0.2) is 36.0 Å². The third-order valence-corrected chi connectivity index (χ3v) is 2.17. The zero-order chi connectivity index (χ0) is 7.84. The van der Waals surface area contributed by atoms with Gasteiger partial charge in [0.1, 0.15) is 12.4 Å². The summed E-state index contributed by atoms with van der Waals surface area (Å²) in [5.74, 6) is 0.240. The second kappa shape index (κ2) is 2.22. The average molecular weight is 155 g/mol. The molecule has 2 fully saturated rings. The molecule has 60 valence electrons. The van der Waals surface area contributed by atoms with Crippen LogP contribution in [-0.2, 0) is 9.53 Å². The van der Waals surface area contributed by atoms with Crippen LogP contribution in [0, 0.1) is 0 Å². The fraction of sp³-hybridized carbons (Fsp3) is 0.714. The van der Waals surface area contributed by atoms with E-state index in [9.17, 15) is 9.59 Å². The molecule has 2 aliphatic heterocycles. The SMILES string of the molecule is O=C1CCN2C(=O)OCC2C1. The fourth-order valence-corrected chi connectivity index (χ4v) is 1.54. The van der Waals surface area contributed by atoms with Crippen molar-refractivity contribution in [1.82, 2.24) is 4.90 Å². The summed E-state index contributed by atoms with van der Waals surface area (Å²) in [6.07, 6.45) is 0.708. The van der Waals surface area contributed by atoms with Crippen LogP contribution in [0.25, 0.3) is 0 Å². The lowest BCUT2D eigenvalue weighted by Gasteiger charge is -2.24. The van der Waals surface area contributed by atoms with Crippen molar-refractivity contribution in [3.8, 4) is 0 Å². The van der Waals surface area contributed by atoms with Crippen molar-refractivity contribution >= 4 is 11.9 Å². The molecule has 2 heterocycles. The number of piperidine rings is 1. The smallest absolute Gasteiger partial charge is 0.410 e. The number of rotatable bonds is 0. The molecule has 2 rings (SSSR count). The lowest BCUT2D eigenvalue weighted by molar-refractivity contribution is -0.121. The fourth-order valence-electron chi connectivity index (χ4n) is 1.54. The molecule has 1 amide bonds. The first kappa shape index (κ1) is 6.64. The summed E-state index contributed by atoms with van der Waals surface area (Å²) < 4.78 is 4.78. The van der Waals surface area contributed by atoms with Gasteiger partial charge in [0.25, 0.3) is 0 Å². The second-order valence-electron chi connectivity index (χ2n) is 2.92. The van der Waals surface area contributed by atoms with Gasteiger partial charge in [-0.3, -0.25) is 4.79 Å². The first-order chi connectivity index (χ1) is 5.27. The Morgan fingerprint density at radius 2 is 2.27 bits per heavy atom. The molecule has 1 unspecified atom stereocenters. The molecule has 2 saturated heterocycles. The van der Waals surface area contributed by atoms with Crippen LogP contribution >= 0.6 is 0 Å². The number of ether oxygens (including phenoxy) is 1. The van der Waals surface area contributed by atoms with E-state index in [1.54, 1.807) is 4.90 Å². The molecule has 2 aliphatic rings. The largest absolute Gasteiger partial charge is 0.447 e. The summed E-state index contributed by atoms with van der Waals surface area (Å²) in [5, 5.41) is 0. The van der Waals surface area contributed by atoms with Crippen molar-refractivity contribution in [1.29, 1.82) is 0 Å². The predicted octanol–water partition coefficient (Wildman–Crippen LogP) is 0.170. The van der Waals surface area contributed by atoms with E-state index in [2.05, 4.69) is 0 Å². The Kier molecular flexibility index (Phi) is 1.34. The van der Waals surface area contributed by atoms with Gasteiger partial charge in [-0.2, -0.15) is 0 Å². The second-order valence-corrected chi connectivity index (χ2v) is 2.92. The molecule has 0 spiro atoms. The molecular formula is C7H9NO3. The first-order valence-electron chi connectivity index (χ1n) is 3.72. The van der Waals surface area contributed by atoms with Gasteiger partial charge < -0.3 is 9.64 Å². The number of Topliss-reactive ketones (excluding diaryl/α,β-unsaturated/α-hetero) is 1. The van der Waals surface area contributed by atoms with Crippen LogP contribution in [0.2, 0.25) is 0 Å². The quantitative estimate of drug-likeness (QED) is 0.501. The van der Waals surface area contributed by atoms with Gasteiger partial charge in [0.2, 0.25) is 0 Å². The van der Waals surface area contributed by atoms with Gasteiger partial charge in [-0.1, -0.05) is 0 Å². The molecule has 0 aromatic heterocycles. The molecular weight excluding hydrogens is 146 g/mol. The van der Waals surface area contributed by atoms with E-state index in [1.807, 2.05) is 0 Å². The van der Waals surface area contributed by atoms with Crippen LogP contribution in [0.3, 0.4) is 0 Å². The van der Waals surface area contributed by atoms with Crippen LogP contribution in [0.15, 0.2) is 0 Å². The van der Waals surface area contributed by atoms with Gasteiger partial charge in [-0.15, -0.1) is 0 Å². The molecule has 0 bridgehead atoms. The number of ketones is 1. The maximum absolute atomic E-state index is 10.9. The molecule has 1 atom stereocenters. The Labute approximate surface area is 64.1 Å². The predicted molar refractivity (Wildman–Crippen MR) is 36.1 cm³/mol. The topological polar surface area (TPSA) is 46.6 Å². The standard InChI is InChI=1S/C7H9NO3/c9-6-1-2-8-5(3-6)4-11-7(8)10/h5H,1-4H2. The highest BCUT2D eigenvalue weighted by atomic mass is 16.6. The summed E-state index contributed by atoms with van der Waals surface area (Å²) in [6, 6.07) is 0.0312. The average Bonchev–Trinajstić information content (AvgIpc) is 2.32. The number of hydrogen-bond acceptors (Lipinski definition) is 3. The summed E-state index contributed by atoms with van der Waals surface area (Å²) in [7, 11) is 0. The Balaban J connectivity index is 2.11. The molecule has 0 saturated carbocycles. The highest BCUT2D eigenvalue weighted by Gasteiger charge is 2.37. The lowest BCUT2D eigenvalue weighted by atomic mass is 10.0. The molecule has 0 aromatic carbocycles. The van der Waals surface area contributed by atoms with Gasteiger partial charge >= 0.3 is 6.09 Å². The van der Waals surface area contributed by atoms with Crippen LogP contribution < -0.4 is 0 Å². The normalized spacial score (nSPS) is 30.2. The van der Waals surface area contributed by atoms with E-state index in [0.29, 0.717) is 26.0 Å². The van der Waals surface area contributed by atoms with E-state index in [1.165, 1.54) is 0 Å². The number of carbonyl (C=O) groups is 2. The minimum atomic E-state index is -0.262. The van der Waals surface area contributed by atoms with Crippen molar-refractivity contribution in [2.45, 2.75) is 18.9 Å². The highest BCUT2D eigenvalue weighted by Crippen LogP contribution is 2.20. The molecule has 4 nitrogen and oxygen atoms in total. The number of carbonyl (C=O) groups excluding carboxylic acids is 2. The lowest BCUT2D eigenvalue weighted by Crippen LogP contribution is -2.41. The van der Waals surface area contributed by atoms with E-state index in [0.717, 1.165) is 0 Å². The van der Waals surface area contributed by atoms with E-state index < -0.39 is 0 Å². The highest BCUT2D eigenvalue weighted by molar-refractivity contribution is 5.83. The van der Waals surface area contributed by atoms with Crippen LogP contribution in [0.5, 0.6) is 0 Å². The summed E-state index contributed by atoms with van der Waals surface area (Å²) >= 11 is 0. The zero-order valence-corrected chi connectivity index (χ0v) is 6.08. The summed E-state index contributed by atoms with van der Waals surface area (Å²) in [4.78, 5) is 23.5. The third kappa shape index (κ3) is 0.982. The Bertz CT molecular complexity index is 214. The molecule has 0 aromatic rings. The van der Waals surface area contributed by atoms with Gasteiger partial charge in [-0.25, -0.2) is 4.79 Å². The van der Waals surface area contributed by atoms with E-state index in [-0.39, 0.29) is 17.9 Å². The maximum atomic E-state index is 10.9. The third-order valence-electron chi connectivity index (χ3n) is 2.17. The number of fused-ring (bicyclic) bond motifs is 1. The van der Waals surface area contributed by atoms with Crippen molar-refractivity contribution in [3.63, 3.8) is 0 Å². The maximum Gasteiger partial charge on any atom is 0.410 e. The zero-order valence-electron chi connectivity index (χ0n) is 6.08. The van der Waals surface area contributed by atoms with Crippen molar-refractivity contribution in [2.75, 3.05) is 13.2 Å². The monoisotopic (exact) mass is 155 g/mol. The Hall–Kier alpha value is -1.06. The minimum Gasteiger partial charge on any atom is -0.447 e. The van der Waals surface area contributed by atoms with Crippen molar-refractivity contribution in [2.24, 2.45) is 0 Å². The molecule has 0 radical (unpaired) electrons. The van der Waals surface area contributed by atoms with Crippen molar-refractivity contribution in [3.05, 3.63) is 0 Å².